The highest BCUT2D eigenvalue weighted by molar-refractivity contribution is 7.80. The van der Waals surface area contributed by atoms with Crippen molar-refractivity contribution < 1.29 is 4.74 Å². The molecule has 4 nitrogen and oxygen atoms in total. The van der Waals surface area contributed by atoms with E-state index in [0.29, 0.717) is 5.11 Å². The molecule has 142 valence electrons. The van der Waals surface area contributed by atoms with Crippen LogP contribution < -0.4 is 15.5 Å². The van der Waals surface area contributed by atoms with Crippen LogP contribution in [0.5, 0.6) is 5.75 Å². The predicted octanol–water partition coefficient (Wildman–Crippen LogP) is 4.82. The molecule has 0 saturated carbocycles. The molecule has 0 fully saturated rings. The zero-order valence-corrected chi connectivity index (χ0v) is 16.6. The monoisotopic (exact) mass is 389 g/mol. The molecule has 0 radical (unpaired) electrons. The van der Waals surface area contributed by atoms with Crippen molar-refractivity contribution in [3.63, 3.8) is 0 Å². The Bertz CT molecular complexity index is 883. The zero-order chi connectivity index (χ0) is 19.6. The summed E-state index contributed by atoms with van der Waals surface area (Å²) in [4.78, 5) is 0. The molecule has 3 aromatic carbocycles. The van der Waals surface area contributed by atoms with Crippen LogP contribution in [0.15, 0.2) is 90.0 Å². The van der Waals surface area contributed by atoms with E-state index in [9.17, 15) is 0 Å². The number of methoxy groups -OCH3 is 1. The van der Waals surface area contributed by atoms with E-state index in [-0.39, 0.29) is 0 Å². The fourth-order valence-electron chi connectivity index (χ4n) is 2.83. The number of nitrogens with zero attached hydrogens (tertiary/aromatic N) is 1. The van der Waals surface area contributed by atoms with Gasteiger partial charge < -0.3 is 10.1 Å². The number of thiocarbonyl (C=S) groups is 1. The molecule has 0 amide bonds. The summed E-state index contributed by atoms with van der Waals surface area (Å²) in [6.45, 7) is 0. The van der Waals surface area contributed by atoms with Crippen LogP contribution in [0.25, 0.3) is 0 Å². The summed E-state index contributed by atoms with van der Waals surface area (Å²) >= 11 is 5.41. The Labute approximate surface area is 171 Å². The second kappa shape index (κ2) is 10.2. The molecule has 2 N–H and O–H groups in total. The molecule has 0 aliphatic carbocycles. The lowest BCUT2D eigenvalue weighted by Gasteiger charge is -2.12. The highest BCUT2D eigenvalue weighted by Gasteiger charge is 2.06. The molecule has 0 aromatic heterocycles. The quantitative estimate of drug-likeness (QED) is 0.345. The molecule has 0 aliphatic rings. The first-order chi connectivity index (χ1) is 13.7. The number of hydrazone groups is 1. The molecular formula is C23H23N3OS. The van der Waals surface area contributed by atoms with E-state index < -0.39 is 0 Å². The number of ether oxygens (including phenoxy) is 1. The van der Waals surface area contributed by atoms with Gasteiger partial charge in [0.25, 0.3) is 0 Å². The van der Waals surface area contributed by atoms with Crippen molar-refractivity contribution in [3.05, 3.63) is 96.1 Å². The van der Waals surface area contributed by atoms with Gasteiger partial charge in [-0.05, 0) is 35.5 Å². The van der Waals surface area contributed by atoms with Crippen LogP contribution in [0.2, 0.25) is 0 Å². The maximum atomic E-state index is 5.41. The van der Waals surface area contributed by atoms with E-state index in [1.165, 1.54) is 11.1 Å². The summed E-state index contributed by atoms with van der Waals surface area (Å²) in [7, 11) is 1.63. The van der Waals surface area contributed by atoms with Gasteiger partial charge in [0.15, 0.2) is 5.11 Å². The van der Waals surface area contributed by atoms with Crippen LogP contribution in [-0.4, -0.2) is 17.9 Å². The third kappa shape index (κ3) is 5.93. The van der Waals surface area contributed by atoms with Crippen molar-refractivity contribution in [2.24, 2.45) is 5.10 Å². The molecule has 0 aliphatic heterocycles. The van der Waals surface area contributed by atoms with E-state index in [0.717, 1.165) is 30.0 Å². The second-order valence-electron chi connectivity index (χ2n) is 6.27. The first-order valence-corrected chi connectivity index (χ1v) is 9.48. The highest BCUT2D eigenvalue weighted by atomic mass is 32.1. The third-order valence-corrected chi connectivity index (χ3v) is 4.37. The normalized spacial score (nSPS) is 10.0. The van der Waals surface area contributed by atoms with Gasteiger partial charge >= 0.3 is 0 Å². The molecular weight excluding hydrogens is 366 g/mol. The molecule has 0 heterocycles. The van der Waals surface area contributed by atoms with Crippen molar-refractivity contribution >= 4 is 28.7 Å². The van der Waals surface area contributed by atoms with Crippen molar-refractivity contribution in [3.8, 4) is 5.75 Å². The maximum absolute atomic E-state index is 5.41. The molecule has 0 saturated heterocycles. The van der Waals surface area contributed by atoms with Gasteiger partial charge in [0.05, 0.1) is 12.8 Å². The van der Waals surface area contributed by atoms with E-state index in [1.807, 2.05) is 60.7 Å². The summed E-state index contributed by atoms with van der Waals surface area (Å²) in [6, 6.07) is 28.2. The Kier molecular flexibility index (Phi) is 7.15. The SMILES string of the molecule is COc1ccccc1NC(=S)NN=C(Cc1ccccc1)Cc1ccccc1. The fourth-order valence-corrected chi connectivity index (χ4v) is 2.99. The summed E-state index contributed by atoms with van der Waals surface area (Å²) in [5.41, 5.74) is 7.20. The van der Waals surface area contributed by atoms with E-state index in [2.05, 4.69) is 40.1 Å². The lowest BCUT2D eigenvalue weighted by molar-refractivity contribution is 0.417. The van der Waals surface area contributed by atoms with Gasteiger partial charge in [-0.3, -0.25) is 5.43 Å². The van der Waals surface area contributed by atoms with E-state index >= 15 is 0 Å². The summed E-state index contributed by atoms with van der Waals surface area (Å²) in [5, 5.41) is 8.14. The van der Waals surface area contributed by atoms with Crippen molar-refractivity contribution in [2.75, 3.05) is 12.4 Å². The average Bonchev–Trinajstić information content (AvgIpc) is 2.74. The molecule has 3 rings (SSSR count). The van der Waals surface area contributed by atoms with Gasteiger partial charge in [0.2, 0.25) is 0 Å². The molecule has 0 atom stereocenters. The number of hydrogen-bond acceptors (Lipinski definition) is 3. The van der Waals surface area contributed by atoms with Crippen LogP contribution >= 0.6 is 12.2 Å². The summed E-state index contributed by atoms with van der Waals surface area (Å²) in [5.74, 6) is 0.726. The summed E-state index contributed by atoms with van der Waals surface area (Å²) in [6.07, 6.45) is 1.50. The van der Waals surface area contributed by atoms with Gasteiger partial charge in [-0.1, -0.05) is 72.8 Å². The van der Waals surface area contributed by atoms with Crippen molar-refractivity contribution in [2.45, 2.75) is 12.8 Å². The number of rotatable bonds is 7. The Hall–Kier alpha value is -3.18. The molecule has 5 heteroatoms. The molecule has 0 spiro atoms. The van der Waals surface area contributed by atoms with Crippen molar-refractivity contribution in [1.82, 2.24) is 5.43 Å². The maximum Gasteiger partial charge on any atom is 0.191 e. The van der Waals surface area contributed by atoms with E-state index in [4.69, 9.17) is 17.0 Å². The van der Waals surface area contributed by atoms with Gasteiger partial charge in [-0.25, -0.2) is 0 Å². The van der Waals surface area contributed by atoms with Crippen LogP contribution in [0.3, 0.4) is 0 Å². The smallest absolute Gasteiger partial charge is 0.191 e. The van der Waals surface area contributed by atoms with Gasteiger partial charge in [0.1, 0.15) is 5.75 Å². The number of anilines is 1. The number of para-hydroxylation sites is 2. The van der Waals surface area contributed by atoms with Crippen LogP contribution in [0, 0.1) is 0 Å². The van der Waals surface area contributed by atoms with Crippen LogP contribution in [0.4, 0.5) is 5.69 Å². The van der Waals surface area contributed by atoms with E-state index in [1.54, 1.807) is 7.11 Å². The minimum absolute atomic E-state index is 0.420. The van der Waals surface area contributed by atoms with Gasteiger partial charge in [-0.15, -0.1) is 0 Å². The fraction of sp³-hybridized carbons (Fsp3) is 0.130. The lowest BCUT2D eigenvalue weighted by atomic mass is 10.0. The van der Waals surface area contributed by atoms with Gasteiger partial charge in [-0.2, -0.15) is 5.10 Å². The molecule has 28 heavy (non-hydrogen) atoms. The van der Waals surface area contributed by atoms with Crippen molar-refractivity contribution in [1.29, 1.82) is 0 Å². The zero-order valence-electron chi connectivity index (χ0n) is 15.8. The first kappa shape index (κ1) is 19.6. The lowest BCUT2D eigenvalue weighted by Crippen LogP contribution is -2.26. The summed E-state index contributed by atoms with van der Waals surface area (Å²) < 4.78 is 5.34. The minimum atomic E-state index is 0.420. The molecule has 0 bridgehead atoms. The predicted molar refractivity (Wildman–Crippen MR) is 120 cm³/mol. The van der Waals surface area contributed by atoms with Crippen LogP contribution in [-0.2, 0) is 12.8 Å². The average molecular weight is 390 g/mol. The number of benzene rings is 3. The van der Waals surface area contributed by atoms with Crippen LogP contribution in [0.1, 0.15) is 11.1 Å². The minimum Gasteiger partial charge on any atom is -0.495 e. The third-order valence-electron chi connectivity index (χ3n) is 4.17. The first-order valence-electron chi connectivity index (χ1n) is 9.08. The Morgan fingerprint density at radius 1 is 0.821 bits per heavy atom. The topological polar surface area (TPSA) is 45.6 Å². The Balaban J connectivity index is 1.71. The van der Waals surface area contributed by atoms with Gasteiger partial charge in [0, 0.05) is 18.6 Å². The standard InChI is InChI=1S/C23H23N3OS/c1-27-22-15-9-8-14-21(22)24-23(28)26-25-20(16-18-10-4-2-5-11-18)17-19-12-6-3-7-13-19/h2-15H,16-17H2,1H3,(H2,24,26,28). The molecule has 3 aromatic rings. The number of hydrogen-bond donors (Lipinski definition) is 2. The Morgan fingerprint density at radius 2 is 1.36 bits per heavy atom. The second-order valence-corrected chi connectivity index (χ2v) is 6.68. The Morgan fingerprint density at radius 3 is 1.93 bits per heavy atom. The number of nitrogens with one attached hydrogen (secondary N) is 2. The molecule has 0 unspecified atom stereocenters. The largest absolute Gasteiger partial charge is 0.495 e. The highest BCUT2D eigenvalue weighted by Crippen LogP contribution is 2.22.